The maximum atomic E-state index is 13.0. The van der Waals surface area contributed by atoms with E-state index in [2.05, 4.69) is 34.5 Å². The Kier molecular flexibility index (Phi) is 2.68. The van der Waals surface area contributed by atoms with Gasteiger partial charge in [-0.15, -0.1) is 0 Å². The van der Waals surface area contributed by atoms with Crippen LogP contribution in [0.1, 0.15) is 43.2 Å². The fourth-order valence-electron chi connectivity index (χ4n) is 7.44. The van der Waals surface area contributed by atoms with Crippen molar-refractivity contribution in [2.24, 2.45) is 23.5 Å². The molecule has 4 nitrogen and oxygen atoms in total. The number of hydrogen-bond donors (Lipinski definition) is 2. The second-order valence-corrected chi connectivity index (χ2v) is 9.78. The number of carbonyl (C=O) groups is 1. The number of nitrogens with zero attached hydrogens (tertiary/aromatic N) is 1. The first kappa shape index (κ1) is 14.6. The summed E-state index contributed by atoms with van der Waals surface area (Å²) >= 11 is 0. The van der Waals surface area contributed by atoms with E-state index in [1.54, 1.807) is 0 Å². The van der Waals surface area contributed by atoms with Crippen molar-refractivity contribution in [3.8, 4) is 0 Å². The number of carbonyl (C=O) groups excluding carboxylic acids is 1. The molecule has 132 valence electrons. The van der Waals surface area contributed by atoms with Gasteiger partial charge in [-0.2, -0.15) is 0 Å². The summed E-state index contributed by atoms with van der Waals surface area (Å²) in [6.45, 7) is 0.875. The van der Waals surface area contributed by atoms with Gasteiger partial charge < -0.3 is 16.0 Å². The molecule has 3 N–H and O–H groups in total. The fourth-order valence-corrected chi connectivity index (χ4v) is 7.44. The number of urea groups is 1. The number of benzene rings is 1. The third-order valence-corrected chi connectivity index (χ3v) is 7.91. The van der Waals surface area contributed by atoms with Gasteiger partial charge in [-0.3, -0.25) is 0 Å². The van der Waals surface area contributed by atoms with E-state index < -0.39 is 0 Å². The Balaban J connectivity index is 1.28. The van der Waals surface area contributed by atoms with Crippen LogP contribution in [-0.4, -0.2) is 34.6 Å². The molecule has 6 aliphatic rings. The highest BCUT2D eigenvalue weighted by molar-refractivity contribution is 5.79. The van der Waals surface area contributed by atoms with Crippen LogP contribution in [0.4, 0.5) is 4.79 Å². The zero-order chi connectivity index (χ0) is 16.8. The monoisotopic (exact) mass is 337 g/mol. The van der Waals surface area contributed by atoms with Gasteiger partial charge in [0.05, 0.1) is 5.54 Å². The van der Waals surface area contributed by atoms with Gasteiger partial charge in [0.15, 0.2) is 0 Å². The summed E-state index contributed by atoms with van der Waals surface area (Å²) in [4.78, 5) is 15.2. The molecule has 2 amide bonds. The first-order chi connectivity index (χ1) is 12.0. The molecule has 25 heavy (non-hydrogen) atoms. The topological polar surface area (TPSA) is 58.4 Å². The average Bonchev–Trinajstić information content (AvgIpc) is 3.04. The van der Waals surface area contributed by atoms with Gasteiger partial charge >= 0.3 is 6.03 Å². The van der Waals surface area contributed by atoms with Crippen molar-refractivity contribution in [3.63, 3.8) is 0 Å². The Hall–Kier alpha value is -1.55. The van der Waals surface area contributed by atoms with E-state index in [0.29, 0.717) is 17.9 Å². The van der Waals surface area contributed by atoms with Crippen molar-refractivity contribution in [2.45, 2.75) is 62.1 Å². The van der Waals surface area contributed by atoms with Crippen molar-refractivity contribution in [2.75, 3.05) is 6.54 Å². The summed E-state index contributed by atoms with van der Waals surface area (Å²) in [6, 6.07) is 9.28. The van der Waals surface area contributed by atoms with Gasteiger partial charge in [0.1, 0.15) is 0 Å². The highest BCUT2D eigenvalue weighted by Gasteiger charge is 2.58. The molecule has 4 saturated carbocycles. The van der Waals surface area contributed by atoms with E-state index in [9.17, 15) is 4.79 Å². The molecular weight excluding hydrogens is 310 g/mol. The molecule has 0 radical (unpaired) electrons. The van der Waals surface area contributed by atoms with Gasteiger partial charge in [-0.25, -0.2) is 4.79 Å². The molecule has 0 aromatic heterocycles. The van der Waals surface area contributed by atoms with Crippen LogP contribution in [0, 0.1) is 17.8 Å². The zero-order valence-electron chi connectivity index (χ0n) is 14.7. The lowest BCUT2D eigenvalue weighted by molar-refractivity contribution is -0.0610. The fraction of sp³-hybridized carbons (Fsp3) is 0.667. The number of nitrogens with one attached hydrogen (secondary N) is 1. The van der Waals surface area contributed by atoms with E-state index in [0.717, 1.165) is 38.1 Å². The van der Waals surface area contributed by atoms with Crippen molar-refractivity contribution in [1.82, 2.24) is 10.2 Å². The summed E-state index contributed by atoms with van der Waals surface area (Å²) in [7, 11) is 0. The number of fused-ring (bicyclic) bond motifs is 1. The molecule has 4 bridgehead atoms. The van der Waals surface area contributed by atoms with E-state index in [4.69, 9.17) is 5.73 Å². The van der Waals surface area contributed by atoms with Gasteiger partial charge in [0.25, 0.3) is 0 Å². The summed E-state index contributed by atoms with van der Waals surface area (Å²) in [5, 5.41) is 3.40. The van der Waals surface area contributed by atoms with Gasteiger partial charge in [-0.05, 0) is 73.8 Å². The highest BCUT2D eigenvalue weighted by atomic mass is 16.2. The Morgan fingerprint density at radius 2 is 1.68 bits per heavy atom. The third kappa shape index (κ3) is 2.00. The van der Waals surface area contributed by atoms with Gasteiger partial charge in [0.2, 0.25) is 0 Å². The molecule has 5 atom stereocenters. The minimum absolute atomic E-state index is 0.0736. The standard InChI is InChI=1S/C21H27N3O/c22-20-7-13-5-16(8-20)18(17(6-13)9-20)24-12-21(23-19(24)25)10-14-3-1-2-4-15(14)11-21/h1-4,13,16-18H,5-12,22H2,(H,23,25)/t13?,16-,17?,18?,20?/m1/s1. The highest BCUT2D eigenvalue weighted by Crippen LogP contribution is 2.56. The van der Waals surface area contributed by atoms with Crippen LogP contribution >= 0.6 is 0 Å². The lowest BCUT2D eigenvalue weighted by Gasteiger charge is -2.60. The number of rotatable bonds is 1. The normalized spacial score (nSPS) is 42.9. The molecule has 1 aromatic rings. The Bertz CT molecular complexity index is 718. The average molecular weight is 337 g/mol. The molecule has 1 saturated heterocycles. The van der Waals surface area contributed by atoms with Crippen LogP contribution in [0.3, 0.4) is 0 Å². The van der Waals surface area contributed by atoms with Crippen molar-refractivity contribution in [1.29, 1.82) is 0 Å². The van der Waals surface area contributed by atoms with E-state index in [1.165, 1.54) is 30.4 Å². The summed E-state index contributed by atoms with van der Waals surface area (Å²) in [5.74, 6) is 2.07. The largest absolute Gasteiger partial charge is 0.330 e. The molecule has 4 unspecified atom stereocenters. The molecule has 1 aromatic carbocycles. The van der Waals surface area contributed by atoms with E-state index in [1.807, 2.05) is 0 Å². The molecule has 1 spiro atoms. The lowest BCUT2D eigenvalue weighted by Crippen LogP contribution is -2.65. The number of nitrogens with two attached hydrogens (primary N) is 1. The first-order valence-electron chi connectivity index (χ1n) is 9.97. The van der Waals surface area contributed by atoms with Crippen molar-refractivity contribution in [3.05, 3.63) is 35.4 Å². The molecule has 5 aliphatic carbocycles. The molecule has 7 rings (SSSR count). The maximum absolute atomic E-state index is 13.0. The van der Waals surface area contributed by atoms with Crippen LogP contribution in [-0.2, 0) is 12.8 Å². The predicted molar refractivity (Wildman–Crippen MR) is 96.1 cm³/mol. The molecule has 4 heteroatoms. The lowest BCUT2D eigenvalue weighted by atomic mass is 9.51. The molecule has 1 heterocycles. The Labute approximate surface area is 149 Å². The minimum atomic E-state index is -0.0736. The Morgan fingerprint density at radius 3 is 2.28 bits per heavy atom. The van der Waals surface area contributed by atoms with Crippen LogP contribution in [0.5, 0.6) is 0 Å². The van der Waals surface area contributed by atoms with E-state index in [-0.39, 0.29) is 17.1 Å². The predicted octanol–water partition coefficient (Wildman–Crippen LogP) is 2.46. The second-order valence-electron chi connectivity index (χ2n) is 9.78. The van der Waals surface area contributed by atoms with Crippen LogP contribution in [0.25, 0.3) is 0 Å². The quantitative estimate of drug-likeness (QED) is 0.827. The third-order valence-electron chi connectivity index (χ3n) is 7.91. The van der Waals surface area contributed by atoms with Crippen LogP contribution in [0.15, 0.2) is 24.3 Å². The van der Waals surface area contributed by atoms with Crippen LogP contribution in [0.2, 0.25) is 0 Å². The minimum Gasteiger partial charge on any atom is -0.330 e. The van der Waals surface area contributed by atoms with E-state index >= 15 is 0 Å². The summed E-state index contributed by atoms with van der Waals surface area (Å²) < 4.78 is 0. The number of amides is 2. The SMILES string of the molecule is NC12CC3CC(C1)C(N1CC4(Cc5ccccc5C4)NC1=O)[C@H](C3)C2. The summed E-state index contributed by atoms with van der Waals surface area (Å²) in [5.41, 5.74) is 9.50. The van der Waals surface area contributed by atoms with Crippen molar-refractivity contribution >= 4 is 6.03 Å². The van der Waals surface area contributed by atoms with Gasteiger partial charge in [0, 0.05) is 18.1 Å². The van der Waals surface area contributed by atoms with Gasteiger partial charge in [-0.1, -0.05) is 24.3 Å². The second kappa shape index (κ2) is 4.59. The summed E-state index contributed by atoms with van der Waals surface area (Å²) in [6.07, 6.45) is 8.02. The van der Waals surface area contributed by atoms with Crippen LogP contribution < -0.4 is 11.1 Å². The first-order valence-corrected chi connectivity index (χ1v) is 9.97. The molecule has 1 aliphatic heterocycles. The number of hydrogen-bond acceptors (Lipinski definition) is 2. The maximum Gasteiger partial charge on any atom is 0.318 e. The Morgan fingerprint density at radius 1 is 1.04 bits per heavy atom. The zero-order valence-corrected chi connectivity index (χ0v) is 14.7. The molecule has 5 fully saturated rings. The molecular formula is C21H27N3O. The van der Waals surface area contributed by atoms with Crippen molar-refractivity contribution < 1.29 is 4.79 Å². The smallest absolute Gasteiger partial charge is 0.318 e.